The summed E-state index contributed by atoms with van der Waals surface area (Å²) in [4.78, 5) is 15.2. The number of hydrogen-bond donors (Lipinski definition) is 2. The van der Waals surface area contributed by atoms with Crippen molar-refractivity contribution in [2.45, 2.75) is 20.3 Å². The number of aromatic nitrogens is 1. The van der Waals surface area contributed by atoms with E-state index in [0.29, 0.717) is 22.7 Å². The Morgan fingerprint density at radius 2 is 2.24 bits per heavy atom. The summed E-state index contributed by atoms with van der Waals surface area (Å²) in [6.07, 6.45) is 0.233. The number of carbonyl (C=O) groups is 1. The predicted octanol–water partition coefficient (Wildman–Crippen LogP) is 2.06. The van der Waals surface area contributed by atoms with Crippen LogP contribution in [0.15, 0.2) is 22.6 Å². The third-order valence-electron chi connectivity index (χ3n) is 2.66. The Labute approximate surface area is 98.2 Å². The second-order valence-electron chi connectivity index (χ2n) is 4.67. The Morgan fingerprint density at radius 3 is 2.82 bits per heavy atom. The number of rotatable bonds is 3. The Morgan fingerprint density at radius 1 is 1.53 bits per heavy atom. The van der Waals surface area contributed by atoms with Gasteiger partial charge in [-0.2, -0.15) is 0 Å². The number of nitrogen functional groups attached to an aromatic ring is 1. The molecule has 0 fully saturated rings. The van der Waals surface area contributed by atoms with Crippen LogP contribution in [0.5, 0.6) is 0 Å². The first-order chi connectivity index (χ1) is 7.90. The summed E-state index contributed by atoms with van der Waals surface area (Å²) in [5, 5.41) is 9.04. The highest BCUT2D eigenvalue weighted by molar-refractivity contribution is 5.84. The minimum absolute atomic E-state index is 0.233. The maximum absolute atomic E-state index is 11.0. The highest BCUT2D eigenvalue weighted by atomic mass is 16.4. The van der Waals surface area contributed by atoms with Gasteiger partial charge < -0.3 is 15.3 Å². The lowest BCUT2D eigenvalue weighted by Gasteiger charge is -2.15. The van der Waals surface area contributed by atoms with Crippen LogP contribution >= 0.6 is 0 Å². The number of nitrogens with two attached hydrogens (primary N) is 1. The van der Waals surface area contributed by atoms with Crippen LogP contribution in [-0.2, 0) is 11.2 Å². The van der Waals surface area contributed by atoms with Crippen molar-refractivity contribution in [3.63, 3.8) is 0 Å². The van der Waals surface area contributed by atoms with E-state index in [0.717, 1.165) is 0 Å². The maximum Gasteiger partial charge on any atom is 0.309 e. The van der Waals surface area contributed by atoms with Gasteiger partial charge in [0.15, 0.2) is 11.5 Å². The van der Waals surface area contributed by atoms with E-state index in [4.69, 9.17) is 15.3 Å². The Hall–Kier alpha value is -2.04. The molecule has 17 heavy (non-hydrogen) atoms. The second-order valence-corrected chi connectivity index (χ2v) is 4.67. The molecule has 3 N–H and O–H groups in total. The molecular weight excluding hydrogens is 220 g/mol. The zero-order chi connectivity index (χ0) is 12.6. The zero-order valence-electron chi connectivity index (χ0n) is 9.73. The first-order valence-electron chi connectivity index (χ1n) is 5.27. The van der Waals surface area contributed by atoms with Crippen molar-refractivity contribution in [3.05, 3.63) is 24.1 Å². The van der Waals surface area contributed by atoms with Gasteiger partial charge in [0.2, 0.25) is 0 Å². The number of hydrogen-bond acceptors (Lipinski definition) is 4. The molecule has 0 aliphatic heterocycles. The van der Waals surface area contributed by atoms with Crippen molar-refractivity contribution in [2.75, 3.05) is 5.73 Å². The van der Waals surface area contributed by atoms with Crippen molar-refractivity contribution < 1.29 is 14.3 Å². The van der Waals surface area contributed by atoms with Gasteiger partial charge >= 0.3 is 5.97 Å². The number of fused-ring (bicyclic) bond motifs is 1. The number of benzene rings is 1. The Balaban J connectivity index is 2.38. The first-order valence-corrected chi connectivity index (χ1v) is 5.27. The molecule has 1 aromatic carbocycles. The molecule has 0 unspecified atom stereocenters. The summed E-state index contributed by atoms with van der Waals surface area (Å²) in [6.45, 7) is 3.26. The number of nitrogens with zero attached hydrogens (tertiary/aromatic N) is 1. The number of carboxylic acids is 1. The number of para-hydroxylation sites is 1. The van der Waals surface area contributed by atoms with Crippen LogP contribution in [0.3, 0.4) is 0 Å². The molecule has 5 heteroatoms. The van der Waals surface area contributed by atoms with Crippen molar-refractivity contribution in [2.24, 2.45) is 5.41 Å². The van der Waals surface area contributed by atoms with Crippen molar-refractivity contribution in [3.8, 4) is 0 Å². The molecule has 90 valence electrons. The highest BCUT2D eigenvalue weighted by Gasteiger charge is 2.29. The molecule has 0 aliphatic carbocycles. The predicted molar refractivity (Wildman–Crippen MR) is 63.5 cm³/mol. The van der Waals surface area contributed by atoms with Crippen LogP contribution in [0, 0.1) is 5.41 Å². The summed E-state index contributed by atoms with van der Waals surface area (Å²) in [6, 6.07) is 5.29. The fraction of sp³-hybridized carbons (Fsp3) is 0.333. The number of aliphatic carboxylic acids is 1. The Bertz CT molecular complexity index is 572. The summed E-state index contributed by atoms with van der Waals surface area (Å²) in [7, 11) is 0. The van der Waals surface area contributed by atoms with Crippen LogP contribution in [-0.4, -0.2) is 16.1 Å². The molecular formula is C12H14N2O3. The van der Waals surface area contributed by atoms with Crippen LogP contribution in [0.25, 0.3) is 11.1 Å². The lowest BCUT2D eigenvalue weighted by Crippen LogP contribution is -2.26. The molecule has 2 rings (SSSR count). The third-order valence-corrected chi connectivity index (χ3v) is 2.66. The molecule has 0 radical (unpaired) electrons. The average Bonchev–Trinajstić information content (AvgIpc) is 2.60. The standard InChI is InChI=1S/C12H14N2O3/c1-12(2,11(15)16)6-9-14-8-5-3-4-7(13)10(8)17-9/h3-5H,6,13H2,1-2H3,(H,15,16). The van der Waals surface area contributed by atoms with E-state index >= 15 is 0 Å². The number of oxazole rings is 1. The molecule has 5 nitrogen and oxygen atoms in total. The van der Waals surface area contributed by atoms with Gasteiger partial charge in [0.1, 0.15) is 5.52 Å². The number of anilines is 1. The second kappa shape index (κ2) is 3.76. The summed E-state index contributed by atoms with van der Waals surface area (Å²) >= 11 is 0. The molecule has 0 atom stereocenters. The minimum Gasteiger partial charge on any atom is -0.481 e. The topological polar surface area (TPSA) is 89.4 Å². The van der Waals surface area contributed by atoms with Gasteiger partial charge in [-0.1, -0.05) is 6.07 Å². The van der Waals surface area contributed by atoms with Crippen LogP contribution in [0.1, 0.15) is 19.7 Å². The van der Waals surface area contributed by atoms with Crippen molar-refractivity contribution in [1.82, 2.24) is 4.98 Å². The largest absolute Gasteiger partial charge is 0.481 e. The van der Waals surface area contributed by atoms with Crippen LogP contribution < -0.4 is 5.73 Å². The van der Waals surface area contributed by atoms with Crippen molar-refractivity contribution >= 4 is 22.8 Å². The summed E-state index contributed by atoms with van der Waals surface area (Å²) in [5.74, 6) is -0.488. The minimum atomic E-state index is -0.907. The molecule has 1 aromatic heterocycles. The van der Waals surface area contributed by atoms with Gasteiger partial charge in [-0.15, -0.1) is 0 Å². The van der Waals surface area contributed by atoms with E-state index in [-0.39, 0.29) is 6.42 Å². The molecule has 2 aromatic rings. The fourth-order valence-corrected chi connectivity index (χ4v) is 1.55. The highest BCUT2D eigenvalue weighted by Crippen LogP contribution is 2.26. The fourth-order valence-electron chi connectivity index (χ4n) is 1.55. The quantitative estimate of drug-likeness (QED) is 0.793. The van der Waals surface area contributed by atoms with E-state index < -0.39 is 11.4 Å². The lowest BCUT2D eigenvalue weighted by atomic mass is 9.90. The maximum atomic E-state index is 11.0. The normalized spacial score (nSPS) is 11.9. The van der Waals surface area contributed by atoms with E-state index in [1.807, 2.05) is 0 Å². The lowest BCUT2D eigenvalue weighted by molar-refractivity contribution is -0.147. The van der Waals surface area contributed by atoms with Gasteiger partial charge in [0.05, 0.1) is 11.1 Å². The molecule has 0 aliphatic rings. The van der Waals surface area contributed by atoms with Crippen LogP contribution in [0.4, 0.5) is 5.69 Å². The third kappa shape index (κ3) is 2.08. The van der Waals surface area contributed by atoms with E-state index in [9.17, 15) is 4.79 Å². The first kappa shape index (κ1) is 11.4. The summed E-state index contributed by atoms with van der Waals surface area (Å²) < 4.78 is 5.49. The van der Waals surface area contributed by atoms with Gasteiger partial charge in [-0.3, -0.25) is 4.79 Å². The van der Waals surface area contributed by atoms with E-state index in [1.165, 1.54) is 0 Å². The van der Waals surface area contributed by atoms with Gasteiger partial charge in [-0.25, -0.2) is 4.98 Å². The van der Waals surface area contributed by atoms with E-state index in [2.05, 4.69) is 4.98 Å². The summed E-state index contributed by atoms with van der Waals surface area (Å²) in [5.41, 5.74) is 6.52. The number of carboxylic acid groups (broad SMARTS) is 1. The van der Waals surface area contributed by atoms with Crippen LogP contribution in [0.2, 0.25) is 0 Å². The van der Waals surface area contributed by atoms with Crippen molar-refractivity contribution in [1.29, 1.82) is 0 Å². The van der Waals surface area contributed by atoms with Gasteiger partial charge in [0, 0.05) is 6.42 Å². The molecule has 0 saturated carbocycles. The average molecular weight is 234 g/mol. The molecule has 0 spiro atoms. The van der Waals surface area contributed by atoms with E-state index in [1.54, 1.807) is 32.0 Å². The molecule has 0 bridgehead atoms. The SMILES string of the molecule is CC(C)(Cc1nc2cccc(N)c2o1)C(=O)O. The monoisotopic (exact) mass is 234 g/mol. The molecule has 0 saturated heterocycles. The van der Waals surface area contributed by atoms with Gasteiger partial charge in [0.25, 0.3) is 0 Å². The molecule has 0 amide bonds. The molecule has 1 heterocycles. The van der Waals surface area contributed by atoms with Gasteiger partial charge in [-0.05, 0) is 26.0 Å². The Kier molecular flexibility index (Phi) is 2.53. The smallest absolute Gasteiger partial charge is 0.309 e. The zero-order valence-corrected chi connectivity index (χ0v) is 9.73.